The fourth-order valence-electron chi connectivity index (χ4n) is 6.25. The van der Waals surface area contributed by atoms with E-state index in [0.717, 1.165) is 61.1 Å². The Labute approximate surface area is 191 Å². The van der Waals surface area contributed by atoms with Crippen LogP contribution in [0.15, 0.2) is 66.9 Å². The molecule has 0 aliphatic heterocycles. The molecule has 0 spiro atoms. The van der Waals surface area contributed by atoms with Crippen molar-refractivity contribution in [2.45, 2.75) is 70.0 Å². The molecule has 3 atom stereocenters. The number of aryl methyl sites for hydroxylation is 2. The van der Waals surface area contributed by atoms with E-state index in [-0.39, 0.29) is 5.41 Å². The van der Waals surface area contributed by atoms with Crippen LogP contribution in [0.25, 0.3) is 0 Å². The quantitative estimate of drug-likeness (QED) is 0.523. The van der Waals surface area contributed by atoms with Crippen molar-refractivity contribution in [1.82, 2.24) is 4.98 Å². The van der Waals surface area contributed by atoms with E-state index in [1.807, 2.05) is 37.4 Å². The Morgan fingerprint density at radius 2 is 1.91 bits per heavy atom. The van der Waals surface area contributed by atoms with E-state index in [2.05, 4.69) is 48.3 Å². The van der Waals surface area contributed by atoms with Crippen LogP contribution in [0.4, 0.5) is 0 Å². The van der Waals surface area contributed by atoms with Crippen LogP contribution >= 0.6 is 0 Å². The zero-order valence-electron chi connectivity index (χ0n) is 19.2. The van der Waals surface area contributed by atoms with Gasteiger partial charge in [-0.3, -0.25) is 4.98 Å². The SMILES string of the molecule is CC[C@@]12CC[C@](O)(c3ccccc3)C[C@H]1CCc1cc(OCc3cccnc3C)ccc12. The van der Waals surface area contributed by atoms with Crippen molar-refractivity contribution in [1.29, 1.82) is 0 Å². The molecule has 1 fully saturated rings. The molecule has 3 heteroatoms. The van der Waals surface area contributed by atoms with E-state index >= 15 is 0 Å². The molecule has 166 valence electrons. The van der Waals surface area contributed by atoms with Crippen LogP contribution in [0.5, 0.6) is 5.75 Å². The van der Waals surface area contributed by atoms with Crippen molar-refractivity contribution < 1.29 is 9.84 Å². The largest absolute Gasteiger partial charge is 0.489 e. The molecule has 1 heterocycles. The van der Waals surface area contributed by atoms with Crippen molar-refractivity contribution in [3.05, 3.63) is 94.8 Å². The molecule has 1 saturated carbocycles. The average molecular weight is 428 g/mol. The van der Waals surface area contributed by atoms with Gasteiger partial charge in [0, 0.05) is 17.5 Å². The highest BCUT2D eigenvalue weighted by atomic mass is 16.5. The van der Waals surface area contributed by atoms with Gasteiger partial charge in [-0.1, -0.05) is 49.4 Å². The molecule has 3 nitrogen and oxygen atoms in total. The summed E-state index contributed by atoms with van der Waals surface area (Å²) in [6.45, 7) is 4.89. The number of aliphatic hydroxyl groups is 1. The number of pyridine rings is 1. The Kier molecular flexibility index (Phi) is 5.54. The molecule has 0 amide bonds. The fraction of sp³-hybridized carbons (Fsp3) is 0.414. The monoisotopic (exact) mass is 427 g/mol. The van der Waals surface area contributed by atoms with Gasteiger partial charge in [-0.05, 0) is 91.7 Å². The maximum absolute atomic E-state index is 11.6. The van der Waals surface area contributed by atoms with Gasteiger partial charge in [0.25, 0.3) is 0 Å². The number of ether oxygens (including phenoxy) is 1. The number of benzene rings is 2. The highest BCUT2D eigenvalue weighted by molar-refractivity contribution is 5.44. The first-order chi connectivity index (χ1) is 15.5. The maximum Gasteiger partial charge on any atom is 0.120 e. The van der Waals surface area contributed by atoms with Gasteiger partial charge in [0.15, 0.2) is 0 Å². The van der Waals surface area contributed by atoms with Crippen molar-refractivity contribution in [3.63, 3.8) is 0 Å². The molecule has 0 bridgehead atoms. The predicted octanol–water partition coefficient (Wildman–Crippen LogP) is 6.25. The van der Waals surface area contributed by atoms with E-state index in [4.69, 9.17) is 4.74 Å². The van der Waals surface area contributed by atoms with Crippen molar-refractivity contribution >= 4 is 0 Å². The third kappa shape index (κ3) is 3.63. The summed E-state index contributed by atoms with van der Waals surface area (Å²) < 4.78 is 6.15. The summed E-state index contributed by atoms with van der Waals surface area (Å²) in [6, 6.07) is 21.0. The molecule has 3 aromatic rings. The summed E-state index contributed by atoms with van der Waals surface area (Å²) in [5.74, 6) is 1.44. The van der Waals surface area contributed by atoms with Crippen molar-refractivity contribution in [2.24, 2.45) is 5.92 Å². The molecule has 2 aliphatic rings. The Morgan fingerprint density at radius 1 is 1.06 bits per heavy atom. The van der Waals surface area contributed by atoms with Crippen LogP contribution in [0.1, 0.15) is 67.0 Å². The van der Waals surface area contributed by atoms with Crippen LogP contribution < -0.4 is 4.74 Å². The first-order valence-corrected chi connectivity index (χ1v) is 12.0. The normalized spacial score (nSPS) is 26.8. The summed E-state index contributed by atoms with van der Waals surface area (Å²) in [6.07, 6.45) is 7.81. The molecule has 0 radical (unpaired) electrons. The second kappa shape index (κ2) is 8.37. The lowest BCUT2D eigenvalue weighted by Crippen LogP contribution is -2.48. The molecule has 32 heavy (non-hydrogen) atoms. The topological polar surface area (TPSA) is 42.4 Å². The Balaban J connectivity index is 1.38. The predicted molar refractivity (Wildman–Crippen MR) is 128 cm³/mol. The van der Waals surface area contributed by atoms with E-state index in [0.29, 0.717) is 12.5 Å². The Hall–Kier alpha value is -2.65. The maximum atomic E-state index is 11.6. The molecule has 2 aromatic carbocycles. The lowest BCUT2D eigenvalue weighted by molar-refractivity contribution is -0.0566. The Bertz CT molecular complexity index is 1100. The van der Waals surface area contributed by atoms with Gasteiger partial charge in [-0.25, -0.2) is 0 Å². The molecular formula is C29H33NO2. The molecule has 5 rings (SSSR count). The standard InChI is InChI=1S/C29H33NO2/c1-3-28-15-16-29(31,24-9-5-4-6-10-24)19-25(28)12-11-22-18-26(13-14-27(22)28)32-20-23-8-7-17-30-21(23)2/h4-10,13-14,17-18,25,31H,3,11-12,15-16,19-20H2,1-2H3/t25-,28-,29-/m1/s1. The van der Waals surface area contributed by atoms with E-state index in [9.17, 15) is 5.11 Å². The van der Waals surface area contributed by atoms with Gasteiger partial charge in [0.1, 0.15) is 12.4 Å². The van der Waals surface area contributed by atoms with Crippen LogP contribution in [0.2, 0.25) is 0 Å². The summed E-state index contributed by atoms with van der Waals surface area (Å²) in [5, 5.41) is 11.6. The molecule has 2 aliphatic carbocycles. The van der Waals surface area contributed by atoms with Gasteiger partial charge in [0.2, 0.25) is 0 Å². The van der Waals surface area contributed by atoms with Crippen LogP contribution in [0.3, 0.4) is 0 Å². The van der Waals surface area contributed by atoms with E-state index in [1.165, 1.54) is 11.1 Å². The van der Waals surface area contributed by atoms with Crippen LogP contribution in [0, 0.1) is 12.8 Å². The molecule has 1 aromatic heterocycles. The minimum atomic E-state index is -0.702. The summed E-state index contributed by atoms with van der Waals surface area (Å²) in [4.78, 5) is 4.36. The first kappa shape index (κ1) is 21.2. The lowest BCUT2D eigenvalue weighted by atomic mass is 9.53. The average Bonchev–Trinajstić information content (AvgIpc) is 2.84. The van der Waals surface area contributed by atoms with E-state index in [1.54, 1.807) is 0 Å². The number of fused-ring (bicyclic) bond motifs is 3. The van der Waals surface area contributed by atoms with Crippen molar-refractivity contribution in [2.75, 3.05) is 0 Å². The second-order valence-corrected chi connectivity index (χ2v) is 9.70. The number of nitrogens with zero attached hydrogens (tertiary/aromatic N) is 1. The highest BCUT2D eigenvalue weighted by Crippen LogP contribution is 2.56. The van der Waals surface area contributed by atoms with E-state index < -0.39 is 5.60 Å². The molecular weight excluding hydrogens is 394 g/mol. The number of aromatic nitrogens is 1. The summed E-state index contributed by atoms with van der Waals surface area (Å²) in [5.41, 5.74) is 5.59. The van der Waals surface area contributed by atoms with Crippen LogP contribution in [-0.2, 0) is 24.0 Å². The zero-order valence-corrected chi connectivity index (χ0v) is 19.2. The van der Waals surface area contributed by atoms with Gasteiger partial charge in [-0.2, -0.15) is 0 Å². The van der Waals surface area contributed by atoms with Gasteiger partial charge < -0.3 is 9.84 Å². The van der Waals surface area contributed by atoms with Gasteiger partial charge >= 0.3 is 0 Å². The lowest BCUT2D eigenvalue weighted by Gasteiger charge is -2.53. The molecule has 0 saturated heterocycles. The Morgan fingerprint density at radius 3 is 2.69 bits per heavy atom. The third-order valence-corrected chi connectivity index (χ3v) is 8.18. The fourth-order valence-corrected chi connectivity index (χ4v) is 6.25. The molecule has 0 unspecified atom stereocenters. The number of hydrogen-bond acceptors (Lipinski definition) is 3. The number of hydrogen-bond donors (Lipinski definition) is 1. The molecule has 1 N–H and O–H groups in total. The minimum Gasteiger partial charge on any atom is -0.489 e. The van der Waals surface area contributed by atoms with Gasteiger partial charge in [0.05, 0.1) is 5.60 Å². The highest BCUT2D eigenvalue weighted by Gasteiger charge is 2.51. The third-order valence-electron chi connectivity index (χ3n) is 8.18. The smallest absolute Gasteiger partial charge is 0.120 e. The van der Waals surface area contributed by atoms with Crippen molar-refractivity contribution in [3.8, 4) is 5.75 Å². The van der Waals surface area contributed by atoms with Crippen LogP contribution in [-0.4, -0.2) is 10.1 Å². The zero-order chi connectivity index (χ0) is 22.2. The summed E-state index contributed by atoms with van der Waals surface area (Å²) in [7, 11) is 0. The minimum absolute atomic E-state index is 0.160. The summed E-state index contributed by atoms with van der Waals surface area (Å²) >= 11 is 0. The van der Waals surface area contributed by atoms with Gasteiger partial charge in [-0.15, -0.1) is 0 Å². The number of rotatable bonds is 5. The first-order valence-electron chi connectivity index (χ1n) is 12.0. The second-order valence-electron chi connectivity index (χ2n) is 9.70.